The number of nitriles is 1. The van der Waals surface area contributed by atoms with Crippen molar-refractivity contribution >= 4 is 5.91 Å². The fraction of sp³-hybridized carbons (Fsp3) is 0.833. The third-order valence-corrected chi connectivity index (χ3v) is 2.86. The maximum Gasteiger partial charge on any atom is 0.227 e. The molecule has 5 heteroatoms. The first-order valence-corrected chi connectivity index (χ1v) is 6.17. The van der Waals surface area contributed by atoms with E-state index in [9.17, 15) is 4.79 Å². The lowest BCUT2D eigenvalue weighted by Crippen LogP contribution is -2.46. The van der Waals surface area contributed by atoms with Crippen molar-refractivity contribution in [3.05, 3.63) is 0 Å². The zero-order valence-electron chi connectivity index (χ0n) is 10.5. The average molecular weight is 239 g/mol. The highest BCUT2D eigenvalue weighted by Gasteiger charge is 2.33. The molecule has 1 saturated heterocycles. The van der Waals surface area contributed by atoms with Crippen LogP contribution in [0.3, 0.4) is 0 Å². The highest BCUT2D eigenvalue weighted by Crippen LogP contribution is 2.14. The molecule has 0 aromatic carbocycles. The number of nitrogens with one attached hydrogen (secondary N) is 2. The summed E-state index contributed by atoms with van der Waals surface area (Å²) in [6.45, 7) is 5.88. The van der Waals surface area contributed by atoms with Gasteiger partial charge in [-0.25, -0.2) is 0 Å². The van der Waals surface area contributed by atoms with Crippen molar-refractivity contribution in [1.29, 1.82) is 5.26 Å². The maximum absolute atomic E-state index is 12.0. The van der Waals surface area contributed by atoms with E-state index in [1.807, 2.05) is 13.0 Å². The van der Waals surface area contributed by atoms with Crippen molar-refractivity contribution < 1.29 is 9.53 Å². The van der Waals surface area contributed by atoms with Crippen LogP contribution in [0.5, 0.6) is 0 Å². The van der Waals surface area contributed by atoms with Crippen molar-refractivity contribution in [3.63, 3.8) is 0 Å². The summed E-state index contributed by atoms with van der Waals surface area (Å²) < 4.78 is 5.34. The minimum absolute atomic E-state index is 0.0150. The normalized spacial score (nSPS) is 25.2. The Balaban J connectivity index is 2.41. The van der Waals surface area contributed by atoms with Gasteiger partial charge in [-0.05, 0) is 19.9 Å². The van der Waals surface area contributed by atoms with Crippen LogP contribution in [-0.2, 0) is 9.53 Å². The van der Waals surface area contributed by atoms with Crippen molar-refractivity contribution in [3.8, 4) is 6.07 Å². The highest BCUT2D eigenvalue weighted by molar-refractivity contribution is 5.80. The maximum atomic E-state index is 12.0. The number of hydrogen-bond acceptors (Lipinski definition) is 4. The number of hydrogen-bond donors (Lipinski definition) is 2. The van der Waals surface area contributed by atoms with E-state index in [2.05, 4.69) is 17.6 Å². The molecule has 1 fully saturated rings. The topological polar surface area (TPSA) is 74.2 Å². The molecule has 3 atom stereocenters. The van der Waals surface area contributed by atoms with Crippen LogP contribution in [0, 0.1) is 17.2 Å². The molecule has 5 nitrogen and oxygen atoms in total. The molecular weight excluding hydrogens is 218 g/mol. The van der Waals surface area contributed by atoms with Gasteiger partial charge in [0.1, 0.15) is 0 Å². The molecule has 96 valence electrons. The monoisotopic (exact) mass is 239 g/mol. The van der Waals surface area contributed by atoms with Crippen LogP contribution in [0.4, 0.5) is 0 Å². The third kappa shape index (κ3) is 4.33. The van der Waals surface area contributed by atoms with Gasteiger partial charge in [0, 0.05) is 12.1 Å². The predicted octanol–water partition coefficient (Wildman–Crippen LogP) is 0.419. The van der Waals surface area contributed by atoms with E-state index >= 15 is 0 Å². The molecular formula is C12H21N3O2. The molecule has 1 aliphatic rings. The zero-order chi connectivity index (χ0) is 12.7. The average Bonchev–Trinajstić information content (AvgIpc) is 2.74. The van der Waals surface area contributed by atoms with E-state index in [4.69, 9.17) is 10.00 Å². The molecule has 0 spiro atoms. The van der Waals surface area contributed by atoms with Crippen LogP contribution in [-0.4, -0.2) is 37.7 Å². The quantitative estimate of drug-likeness (QED) is 0.704. The van der Waals surface area contributed by atoms with Gasteiger partial charge in [-0.2, -0.15) is 5.26 Å². The van der Waals surface area contributed by atoms with Gasteiger partial charge in [-0.3, -0.25) is 4.79 Å². The Bertz CT molecular complexity index is 288. The summed E-state index contributed by atoms with van der Waals surface area (Å²) in [5.74, 6) is -0.151. The van der Waals surface area contributed by atoms with Gasteiger partial charge in [0.05, 0.1) is 31.6 Å². The van der Waals surface area contributed by atoms with Crippen molar-refractivity contribution in [2.24, 2.45) is 5.92 Å². The molecule has 0 bridgehead atoms. The molecule has 1 amide bonds. The summed E-state index contributed by atoms with van der Waals surface area (Å²) in [5.41, 5.74) is 0. The smallest absolute Gasteiger partial charge is 0.227 e. The van der Waals surface area contributed by atoms with E-state index in [0.29, 0.717) is 19.6 Å². The van der Waals surface area contributed by atoms with Crippen molar-refractivity contribution in [2.45, 2.75) is 38.8 Å². The Morgan fingerprint density at radius 2 is 2.35 bits per heavy atom. The third-order valence-electron chi connectivity index (χ3n) is 2.86. The van der Waals surface area contributed by atoms with Gasteiger partial charge in [0.25, 0.3) is 0 Å². The lowest BCUT2D eigenvalue weighted by Gasteiger charge is -2.20. The summed E-state index contributed by atoms with van der Waals surface area (Å²) in [5, 5.41) is 14.7. The molecule has 2 N–H and O–H groups in total. The van der Waals surface area contributed by atoms with Crippen LogP contribution >= 0.6 is 0 Å². The van der Waals surface area contributed by atoms with Crippen LogP contribution in [0.2, 0.25) is 0 Å². The Kier molecular flexibility index (Phi) is 5.95. The Morgan fingerprint density at radius 3 is 3.00 bits per heavy atom. The largest absolute Gasteiger partial charge is 0.379 e. The van der Waals surface area contributed by atoms with Gasteiger partial charge in [0.2, 0.25) is 5.91 Å². The first-order valence-electron chi connectivity index (χ1n) is 6.17. The first-order chi connectivity index (χ1) is 8.19. The van der Waals surface area contributed by atoms with Crippen LogP contribution in [0.25, 0.3) is 0 Å². The van der Waals surface area contributed by atoms with Gasteiger partial charge in [-0.15, -0.1) is 0 Å². The standard InChI is InChI=1S/C12H21N3O2/c1-3-6-14-11-8-17-7-10(11)12(16)15-9(2)4-5-13/h9-11,14H,3-4,6-8H2,1-2H3,(H,15,16). The Hall–Kier alpha value is -1.12. The molecule has 0 aromatic rings. The Labute approximate surface area is 103 Å². The molecule has 1 rings (SSSR count). The fourth-order valence-corrected chi connectivity index (χ4v) is 1.88. The SMILES string of the molecule is CCCNC1COCC1C(=O)NC(C)CC#N. The molecule has 17 heavy (non-hydrogen) atoms. The number of amides is 1. The number of carbonyl (C=O) groups excluding carboxylic acids is 1. The van der Waals surface area contributed by atoms with Crippen molar-refractivity contribution in [2.75, 3.05) is 19.8 Å². The molecule has 1 heterocycles. The molecule has 0 radical (unpaired) electrons. The van der Waals surface area contributed by atoms with E-state index < -0.39 is 0 Å². The van der Waals surface area contributed by atoms with E-state index in [-0.39, 0.29) is 23.9 Å². The number of carbonyl (C=O) groups is 1. The van der Waals surface area contributed by atoms with Gasteiger partial charge in [0.15, 0.2) is 0 Å². The minimum Gasteiger partial charge on any atom is -0.379 e. The van der Waals surface area contributed by atoms with E-state index in [1.54, 1.807) is 0 Å². The first kappa shape index (κ1) is 13.9. The number of ether oxygens (including phenoxy) is 1. The Morgan fingerprint density at radius 1 is 1.59 bits per heavy atom. The van der Waals surface area contributed by atoms with Crippen LogP contribution < -0.4 is 10.6 Å². The highest BCUT2D eigenvalue weighted by atomic mass is 16.5. The second-order valence-electron chi connectivity index (χ2n) is 4.48. The minimum atomic E-state index is -0.136. The van der Waals surface area contributed by atoms with Crippen LogP contribution in [0.15, 0.2) is 0 Å². The van der Waals surface area contributed by atoms with Crippen LogP contribution in [0.1, 0.15) is 26.7 Å². The lowest BCUT2D eigenvalue weighted by molar-refractivity contribution is -0.126. The summed E-state index contributed by atoms with van der Waals surface area (Å²) in [7, 11) is 0. The van der Waals surface area contributed by atoms with Gasteiger partial charge in [-0.1, -0.05) is 6.92 Å². The number of rotatable bonds is 6. The number of nitrogens with zero attached hydrogens (tertiary/aromatic N) is 1. The van der Waals surface area contributed by atoms with E-state index in [1.165, 1.54) is 0 Å². The molecule has 3 unspecified atom stereocenters. The van der Waals surface area contributed by atoms with E-state index in [0.717, 1.165) is 13.0 Å². The zero-order valence-corrected chi connectivity index (χ0v) is 10.5. The molecule has 1 aliphatic heterocycles. The second-order valence-corrected chi connectivity index (χ2v) is 4.48. The van der Waals surface area contributed by atoms with Gasteiger partial charge < -0.3 is 15.4 Å². The summed E-state index contributed by atoms with van der Waals surface area (Å²) in [4.78, 5) is 12.0. The van der Waals surface area contributed by atoms with Gasteiger partial charge >= 0.3 is 0 Å². The lowest BCUT2D eigenvalue weighted by atomic mass is 10.0. The molecule has 0 aromatic heterocycles. The second kappa shape index (κ2) is 7.25. The van der Waals surface area contributed by atoms with Crippen molar-refractivity contribution in [1.82, 2.24) is 10.6 Å². The predicted molar refractivity (Wildman–Crippen MR) is 64.2 cm³/mol. The molecule has 0 aliphatic carbocycles. The summed E-state index contributed by atoms with van der Waals surface area (Å²) in [6, 6.07) is 2.05. The summed E-state index contributed by atoms with van der Waals surface area (Å²) >= 11 is 0. The fourth-order valence-electron chi connectivity index (χ4n) is 1.88. The molecule has 0 saturated carbocycles. The summed E-state index contributed by atoms with van der Waals surface area (Å²) in [6.07, 6.45) is 1.38.